The first-order valence-corrected chi connectivity index (χ1v) is 27.5. The lowest BCUT2D eigenvalue weighted by molar-refractivity contribution is -0.163. The number of unbranched alkanes of at least 4 members (excludes halogenated alkanes) is 27. The highest BCUT2D eigenvalue weighted by Crippen LogP contribution is 2.14. The molecule has 1 unspecified atom stereocenters. The van der Waals surface area contributed by atoms with Gasteiger partial charge in [0.05, 0.1) is 6.61 Å². The Balaban J connectivity index is 4.28. The fourth-order valence-corrected chi connectivity index (χ4v) is 7.55. The summed E-state index contributed by atoms with van der Waals surface area (Å²) in [5.41, 5.74) is 0. The minimum Gasteiger partial charge on any atom is -0.462 e. The van der Waals surface area contributed by atoms with Crippen LogP contribution < -0.4 is 0 Å². The third-order valence-corrected chi connectivity index (χ3v) is 11.7. The Hall–Kier alpha value is -2.66. The minimum absolute atomic E-state index is 0.0716. The summed E-state index contributed by atoms with van der Waals surface area (Å²) < 4.78 is 17.4. The quantitative estimate of drug-likeness (QED) is 0.0346. The molecule has 0 saturated heterocycles. The van der Waals surface area contributed by atoms with Crippen molar-refractivity contribution in [3.63, 3.8) is 0 Å². The van der Waals surface area contributed by atoms with E-state index < -0.39 is 6.10 Å². The lowest BCUT2D eigenvalue weighted by atomic mass is 10.1. The number of carbonyl (C=O) groups is 2. The first-order chi connectivity index (χ1) is 31.6. The van der Waals surface area contributed by atoms with Crippen molar-refractivity contribution in [2.24, 2.45) is 0 Å². The van der Waals surface area contributed by atoms with E-state index in [2.05, 4.69) is 93.7 Å². The molecule has 0 aromatic carbocycles. The van der Waals surface area contributed by atoms with Crippen LogP contribution in [0.25, 0.3) is 0 Å². The summed E-state index contributed by atoms with van der Waals surface area (Å²) in [6.45, 7) is 7.69. The summed E-state index contributed by atoms with van der Waals surface area (Å²) in [7, 11) is 0. The third kappa shape index (κ3) is 52.0. The summed E-state index contributed by atoms with van der Waals surface area (Å²) in [6.07, 6.45) is 70.5. The van der Waals surface area contributed by atoms with E-state index in [1.807, 2.05) is 0 Å². The second-order valence-electron chi connectivity index (χ2n) is 18.1. The summed E-state index contributed by atoms with van der Waals surface area (Å²) in [6, 6.07) is 0. The van der Waals surface area contributed by atoms with Gasteiger partial charge in [-0.05, 0) is 109 Å². The van der Waals surface area contributed by atoms with Crippen LogP contribution in [0.1, 0.15) is 265 Å². The van der Waals surface area contributed by atoms with Crippen LogP contribution in [-0.2, 0) is 23.8 Å². The summed E-state index contributed by atoms with van der Waals surface area (Å²) in [5.74, 6) is -0.420. The van der Waals surface area contributed by atoms with E-state index in [9.17, 15) is 9.59 Å². The van der Waals surface area contributed by atoms with Crippen LogP contribution in [0.5, 0.6) is 0 Å². The lowest BCUT2D eigenvalue weighted by Gasteiger charge is -2.18. The molecule has 0 bridgehead atoms. The van der Waals surface area contributed by atoms with Crippen molar-refractivity contribution in [1.29, 1.82) is 0 Å². The van der Waals surface area contributed by atoms with E-state index in [4.69, 9.17) is 14.2 Å². The van der Waals surface area contributed by atoms with E-state index in [1.165, 1.54) is 154 Å². The molecule has 0 radical (unpaired) electrons. The van der Waals surface area contributed by atoms with Crippen molar-refractivity contribution >= 4 is 11.9 Å². The Morgan fingerprint density at radius 1 is 0.344 bits per heavy atom. The van der Waals surface area contributed by atoms with Gasteiger partial charge in [-0.3, -0.25) is 9.59 Å². The molecule has 0 fully saturated rings. The van der Waals surface area contributed by atoms with Gasteiger partial charge in [0.25, 0.3) is 0 Å². The highest BCUT2D eigenvalue weighted by molar-refractivity contribution is 5.70. The summed E-state index contributed by atoms with van der Waals surface area (Å²) in [4.78, 5) is 25.4. The van der Waals surface area contributed by atoms with Crippen molar-refractivity contribution in [3.05, 3.63) is 72.9 Å². The number of hydrogen-bond acceptors (Lipinski definition) is 5. The van der Waals surface area contributed by atoms with Crippen molar-refractivity contribution < 1.29 is 23.8 Å². The van der Waals surface area contributed by atoms with Gasteiger partial charge in [0, 0.05) is 19.4 Å². The molecule has 0 heterocycles. The lowest BCUT2D eigenvalue weighted by Crippen LogP contribution is -2.30. The molecular formula is C59H104O5. The monoisotopic (exact) mass is 893 g/mol. The highest BCUT2D eigenvalue weighted by atomic mass is 16.6. The molecule has 0 rings (SSSR count). The van der Waals surface area contributed by atoms with E-state index in [0.717, 1.165) is 77.0 Å². The molecule has 0 N–H and O–H groups in total. The Labute approximate surface area is 397 Å². The molecule has 1 atom stereocenters. The zero-order valence-corrected chi connectivity index (χ0v) is 42.5. The first kappa shape index (κ1) is 61.3. The van der Waals surface area contributed by atoms with E-state index >= 15 is 0 Å². The van der Waals surface area contributed by atoms with Gasteiger partial charge in [0.15, 0.2) is 6.10 Å². The molecule has 0 saturated carbocycles. The first-order valence-electron chi connectivity index (χ1n) is 27.5. The maximum atomic E-state index is 12.8. The molecule has 0 aromatic heterocycles. The normalized spacial score (nSPS) is 12.7. The average Bonchev–Trinajstić information content (AvgIpc) is 3.30. The van der Waals surface area contributed by atoms with Gasteiger partial charge in [-0.1, -0.05) is 216 Å². The molecular weight excluding hydrogens is 789 g/mol. The van der Waals surface area contributed by atoms with Crippen LogP contribution in [0, 0.1) is 0 Å². The van der Waals surface area contributed by atoms with Crippen LogP contribution in [0.3, 0.4) is 0 Å². The molecule has 0 aliphatic carbocycles. The van der Waals surface area contributed by atoms with Gasteiger partial charge in [0.1, 0.15) is 6.61 Å². The third-order valence-electron chi connectivity index (χ3n) is 11.7. The van der Waals surface area contributed by atoms with Crippen LogP contribution in [-0.4, -0.2) is 37.9 Å². The van der Waals surface area contributed by atoms with Gasteiger partial charge in [0.2, 0.25) is 0 Å². The highest BCUT2D eigenvalue weighted by Gasteiger charge is 2.17. The number of carbonyl (C=O) groups excluding carboxylic acids is 2. The molecule has 0 aliphatic heterocycles. The van der Waals surface area contributed by atoms with Gasteiger partial charge < -0.3 is 14.2 Å². The minimum atomic E-state index is -0.553. The van der Waals surface area contributed by atoms with Crippen LogP contribution in [0.4, 0.5) is 0 Å². The van der Waals surface area contributed by atoms with Crippen molar-refractivity contribution in [2.75, 3.05) is 19.8 Å². The Kier molecular flexibility index (Phi) is 52.4. The zero-order chi connectivity index (χ0) is 46.3. The fraction of sp³-hybridized carbons (Fsp3) is 0.763. The Morgan fingerprint density at radius 2 is 0.688 bits per heavy atom. The second kappa shape index (κ2) is 54.7. The van der Waals surface area contributed by atoms with Gasteiger partial charge >= 0.3 is 11.9 Å². The van der Waals surface area contributed by atoms with Crippen molar-refractivity contribution in [1.82, 2.24) is 0 Å². The molecule has 0 aliphatic rings. The van der Waals surface area contributed by atoms with Crippen molar-refractivity contribution in [2.45, 2.75) is 271 Å². The van der Waals surface area contributed by atoms with Gasteiger partial charge in [-0.2, -0.15) is 0 Å². The largest absolute Gasteiger partial charge is 0.462 e. The molecule has 64 heavy (non-hydrogen) atoms. The number of allylic oxidation sites excluding steroid dienone is 12. The molecule has 0 amide bonds. The molecule has 5 heteroatoms. The topological polar surface area (TPSA) is 61.8 Å². The zero-order valence-electron chi connectivity index (χ0n) is 42.5. The van der Waals surface area contributed by atoms with E-state index in [1.54, 1.807) is 0 Å². The van der Waals surface area contributed by atoms with Gasteiger partial charge in [-0.25, -0.2) is 0 Å². The maximum Gasteiger partial charge on any atom is 0.306 e. The smallest absolute Gasteiger partial charge is 0.306 e. The maximum absolute atomic E-state index is 12.8. The Bertz CT molecular complexity index is 1150. The van der Waals surface area contributed by atoms with Crippen molar-refractivity contribution in [3.8, 4) is 0 Å². The predicted molar refractivity (Wildman–Crippen MR) is 279 cm³/mol. The SMILES string of the molecule is CCC/C=C\C/C=C\CCCCCCCC(=O)OC(COCCCCCCCC/C=C\C/C=C\CCCCC)COC(=O)CCCCCCCCCCC/C=C\C/C=C\CCCCC. The summed E-state index contributed by atoms with van der Waals surface area (Å²) in [5, 5.41) is 0. The number of ether oxygens (including phenoxy) is 3. The van der Waals surface area contributed by atoms with E-state index in [-0.39, 0.29) is 25.2 Å². The molecule has 5 nitrogen and oxygen atoms in total. The Morgan fingerprint density at radius 3 is 1.09 bits per heavy atom. The number of rotatable bonds is 50. The summed E-state index contributed by atoms with van der Waals surface area (Å²) >= 11 is 0. The number of esters is 2. The molecule has 370 valence electrons. The standard InChI is InChI=1S/C59H104O5/c1-4-7-10-13-16-19-22-25-27-29-30-31-32-35-37-40-43-46-49-52-58(60)63-56-57(64-59(61)53-50-47-44-41-38-34-24-21-18-15-12-9-6-3)55-62-54-51-48-45-42-39-36-33-28-26-23-20-17-14-11-8-5-2/h12,15-17,19-21,24-28,57H,4-11,13-14,18,22-23,29-56H2,1-3H3/b15-12-,19-16-,20-17-,24-21-,27-25-,28-26-. The fourth-order valence-electron chi connectivity index (χ4n) is 7.55. The average molecular weight is 893 g/mol. The molecule has 0 spiro atoms. The number of hydrogen-bond donors (Lipinski definition) is 0. The van der Waals surface area contributed by atoms with Crippen LogP contribution in [0.15, 0.2) is 72.9 Å². The second-order valence-corrected chi connectivity index (χ2v) is 18.1. The molecule has 0 aromatic rings. The van der Waals surface area contributed by atoms with Crippen LogP contribution in [0.2, 0.25) is 0 Å². The van der Waals surface area contributed by atoms with Crippen LogP contribution >= 0.6 is 0 Å². The predicted octanol–water partition coefficient (Wildman–Crippen LogP) is 18.7. The van der Waals surface area contributed by atoms with E-state index in [0.29, 0.717) is 19.4 Å². The van der Waals surface area contributed by atoms with Gasteiger partial charge in [-0.15, -0.1) is 0 Å².